The third-order valence-corrected chi connectivity index (χ3v) is 2.35. The van der Waals surface area contributed by atoms with Crippen LogP contribution in [0, 0.1) is 6.92 Å². The molecule has 1 aromatic rings. The lowest BCUT2D eigenvalue weighted by Gasteiger charge is -2.15. The van der Waals surface area contributed by atoms with E-state index in [1.54, 1.807) is 11.2 Å². The maximum atomic E-state index is 10.9. The molecule has 0 aromatic heterocycles. The molecule has 78 valence electrons. The van der Waals surface area contributed by atoms with E-state index in [9.17, 15) is 4.79 Å². The van der Waals surface area contributed by atoms with Crippen LogP contribution < -0.4 is 16.2 Å². The van der Waals surface area contributed by atoms with E-state index in [0.717, 1.165) is 5.69 Å². The number of primary amides is 1. The highest BCUT2D eigenvalue weighted by molar-refractivity contribution is 5.93. The predicted octanol–water partition coefficient (Wildman–Crippen LogP) is 0.689. The number of rotatable bonds is 2. The van der Waals surface area contributed by atoms with Gasteiger partial charge in [0.2, 0.25) is 5.91 Å². The number of amides is 1. The Balaban J connectivity index is 2.20. The highest BCUT2D eigenvalue weighted by Gasteiger charge is 2.16. The number of nitrogens with zero attached hydrogens (tertiary/aromatic N) is 1. The van der Waals surface area contributed by atoms with E-state index in [2.05, 4.69) is 5.43 Å². The predicted molar refractivity (Wildman–Crippen MR) is 58.9 cm³/mol. The van der Waals surface area contributed by atoms with E-state index >= 15 is 0 Å². The Hall–Kier alpha value is -1.81. The third-order valence-electron chi connectivity index (χ3n) is 2.35. The first kappa shape index (κ1) is 9.73. The molecule has 1 amide bonds. The second kappa shape index (κ2) is 3.74. The van der Waals surface area contributed by atoms with Gasteiger partial charge in [-0.2, -0.15) is 0 Å². The average Bonchev–Trinajstić information content (AvgIpc) is 2.68. The Kier molecular flexibility index (Phi) is 2.43. The fourth-order valence-electron chi connectivity index (χ4n) is 1.44. The van der Waals surface area contributed by atoms with Gasteiger partial charge in [0.1, 0.15) is 0 Å². The normalized spacial score (nSPS) is 15.3. The van der Waals surface area contributed by atoms with Gasteiger partial charge in [-0.15, -0.1) is 0 Å². The maximum Gasteiger partial charge on any atom is 0.247 e. The van der Waals surface area contributed by atoms with Crippen molar-refractivity contribution >= 4 is 11.6 Å². The Morgan fingerprint density at radius 3 is 2.60 bits per heavy atom. The lowest BCUT2D eigenvalue weighted by molar-refractivity contribution is -0.114. The second-order valence-corrected chi connectivity index (χ2v) is 3.56. The van der Waals surface area contributed by atoms with Crippen molar-refractivity contribution in [3.63, 3.8) is 0 Å². The molecule has 0 saturated carbocycles. The summed E-state index contributed by atoms with van der Waals surface area (Å²) in [6.07, 6.45) is 1.73. The Labute approximate surface area is 88.3 Å². The first-order chi connectivity index (χ1) is 7.16. The molecule has 0 radical (unpaired) electrons. The molecule has 0 saturated heterocycles. The number of carbonyl (C=O) groups is 1. The molecule has 1 aliphatic rings. The fraction of sp³-hybridized carbons (Fsp3) is 0.182. The van der Waals surface area contributed by atoms with Crippen LogP contribution in [0.4, 0.5) is 5.69 Å². The molecule has 3 N–H and O–H groups in total. The monoisotopic (exact) mass is 203 g/mol. The molecule has 0 spiro atoms. The van der Waals surface area contributed by atoms with Crippen molar-refractivity contribution in [1.29, 1.82) is 0 Å². The van der Waals surface area contributed by atoms with Crippen LogP contribution >= 0.6 is 0 Å². The lowest BCUT2D eigenvalue weighted by atomic mass is 10.2. The van der Waals surface area contributed by atoms with Gasteiger partial charge in [-0.25, -0.2) is 5.43 Å². The van der Waals surface area contributed by atoms with E-state index in [4.69, 9.17) is 5.73 Å². The quantitative estimate of drug-likeness (QED) is 0.743. The summed E-state index contributed by atoms with van der Waals surface area (Å²) in [4.78, 5) is 10.9. The fourth-order valence-corrected chi connectivity index (χ4v) is 1.44. The summed E-state index contributed by atoms with van der Waals surface area (Å²) < 4.78 is 0. The summed E-state index contributed by atoms with van der Waals surface area (Å²) in [6.45, 7) is 2.52. The number of hydrogen-bond donors (Lipinski definition) is 2. The van der Waals surface area contributed by atoms with Crippen molar-refractivity contribution in [1.82, 2.24) is 5.43 Å². The molecule has 1 aromatic carbocycles. The first-order valence-electron chi connectivity index (χ1n) is 4.77. The summed E-state index contributed by atoms with van der Waals surface area (Å²) >= 11 is 0. The largest absolute Gasteiger partial charge is 0.366 e. The molecule has 0 atom stereocenters. The summed E-state index contributed by atoms with van der Waals surface area (Å²) in [7, 11) is 0. The van der Waals surface area contributed by atoms with Gasteiger partial charge in [-0.05, 0) is 19.1 Å². The molecular formula is C11H13N3O. The molecule has 1 aliphatic heterocycles. The minimum Gasteiger partial charge on any atom is -0.366 e. The van der Waals surface area contributed by atoms with Crippen molar-refractivity contribution in [3.8, 4) is 0 Å². The molecule has 4 nitrogen and oxygen atoms in total. The SMILES string of the molecule is Cc1ccc(N2C=C(C(N)=O)CN2)cc1. The van der Waals surface area contributed by atoms with Crippen LogP contribution in [0.3, 0.4) is 0 Å². The molecular weight excluding hydrogens is 190 g/mol. The van der Waals surface area contributed by atoms with Crippen LogP contribution in [0.5, 0.6) is 0 Å². The van der Waals surface area contributed by atoms with Crippen LogP contribution in [0.25, 0.3) is 0 Å². The first-order valence-corrected chi connectivity index (χ1v) is 4.77. The van der Waals surface area contributed by atoms with Gasteiger partial charge in [0.15, 0.2) is 0 Å². The number of aryl methyl sites for hydroxylation is 1. The van der Waals surface area contributed by atoms with E-state index in [1.807, 2.05) is 31.2 Å². The zero-order valence-electron chi connectivity index (χ0n) is 8.53. The van der Waals surface area contributed by atoms with Gasteiger partial charge >= 0.3 is 0 Å². The van der Waals surface area contributed by atoms with E-state index < -0.39 is 0 Å². The van der Waals surface area contributed by atoms with Crippen LogP contribution in [0.15, 0.2) is 36.0 Å². The van der Waals surface area contributed by atoms with E-state index in [-0.39, 0.29) is 5.91 Å². The topological polar surface area (TPSA) is 58.4 Å². The Bertz CT molecular complexity index is 408. The summed E-state index contributed by atoms with van der Waals surface area (Å²) in [5.41, 5.74) is 11.0. The molecule has 0 fully saturated rings. The number of anilines is 1. The zero-order chi connectivity index (χ0) is 10.8. The summed E-state index contributed by atoms with van der Waals surface area (Å²) in [6, 6.07) is 8.02. The van der Waals surface area contributed by atoms with Crippen molar-refractivity contribution < 1.29 is 4.79 Å². The minimum absolute atomic E-state index is 0.378. The number of benzene rings is 1. The average molecular weight is 203 g/mol. The van der Waals surface area contributed by atoms with E-state index in [0.29, 0.717) is 12.1 Å². The van der Waals surface area contributed by atoms with Crippen molar-refractivity contribution in [2.75, 3.05) is 11.6 Å². The van der Waals surface area contributed by atoms with Crippen LogP contribution in [-0.2, 0) is 4.79 Å². The van der Waals surface area contributed by atoms with Gasteiger partial charge in [-0.1, -0.05) is 17.7 Å². The summed E-state index contributed by atoms with van der Waals surface area (Å²) in [5.74, 6) is -0.378. The van der Waals surface area contributed by atoms with Gasteiger partial charge in [0.05, 0.1) is 11.3 Å². The highest BCUT2D eigenvalue weighted by Crippen LogP contribution is 2.17. The molecule has 1 heterocycles. The standard InChI is InChI=1S/C11H13N3O/c1-8-2-4-10(5-3-8)14-7-9(6-13-14)11(12)15/h2-5,7,13H,6H2,1H3,(H2,12,15). The number of hydrazine groups is 1. The lowest BCUT2D eigenvalue weighted by Crippen LogP contribution is -2.28. The second-order valence-electron chi connectivity index (χ2n) is 3.56. The van der Waals surface area contributed by atoms with Crippen molar-refractivity contribution in [2.45, 2.75) is 6.92 Å². The number of hydrogen-bond acceptors (Lipinski definition) is 3. The smallest absolute Gasteiger partial charge is 0.247 e. The van der Waals surface area contributed by atoms with Crippen LogP contribution in [0.2, 0.25) is 0 Å². The van der Waals surface area contributed by atoms with Gasteiger partial charge in [-0.3, -0.25) is 9.80 Å². The molecule has 0 aliphatic carbocycles. The van der Waals surface area contributed by atoms with E-state index in [1.165, 1.54) is 5.56 Å². The molecule has 2 rings (SSSR count). The molecule has 4 heteroatoms. The van der Waals surface area contributed by atoms with Gasteiger partial charge < -0.3 is 5.73 Å². The Morgan fingerprint density at radius 2 is 2.07 bits per heavy atom. The third kappa shape index (κ3) is 1.99. The van der Waals surface area contributed by atoms with Crippen LogP contribution in [-0.4, -0.2) is 12.5 Å². The van der Waals surface area contributed by atoms with Gasteiger partial charge in [0.25, 0.3) is 0 Å². The number of carbonyl (C=O) groups excluding carboxylic acids is 1. The molecule has 0 unspecified atom stereocenters. The minimum atomic E-state index is -0.378. The maximum absolute atomic E-state index is 10.9. The van der Waals surface area contributed by atoms with Crippen LogP contribution in [0.1, 0.15) is 5.56 Å². The Morgan fingerprint density at radius 1 is 1.40 bits per heavy atom. The zero-order valence-corrected chi connectivity index (χ0v) is 8.53. The molecule has 0 bridgehead atoms. The summed E-state index contributed by atoms with van der Waals surface area (Å²) in [5, 5.41) is 1.81. The highest BCUT2D eigenvalue weighted by atomic mass is 16.1. The van der Waals surface area contributed by atoms with Crippen molar-refractivity contribution in [3.05, 3.63) is 41.6 Å². The number of nitrogens with one attached hydrogen (secondary N) is 1. The van der Waals surface area contributed by atoms with Gasteiger partial charge in [0, 0.05) is 12.7 Å². The van der Waals surface area contributed by atoms with Crippen molar-refractivity contribution in [2.24, 2.45) is 5.73 Å². The number of nitrogens with two attached hydrogens (primary N) is 1. The molecule has 15 heavy (non-hydrogen) atoms.